The number of nitrogens with one attached hydrogen (secondary N) is 2. The van der Waals surface area contributed by atoms with Gasteiger partial charge in [0.15, 0.2) is 0 Å². The summed E-state index contributed by atoms with van der Waals surface area (Å²) in [6.45, 7) is 6.10. The number of likely N-dealkylation sites (tertiary alicyclic amines) is 1. The molecular weight excluding hydrogens is 391 g/mol. The fourth-order valence-corrected chi connectivity index (χ4v) is 4.38. The largest absolute Gasteiger partial charge is 0.380 e. The standard InChI is InChI=1S/C21H25FN4O4/c1-11(2)25-7-5-12(6-8-25)23-16-10-14-13(9-15(16)22)20(29)26(21(14)30)17-3-4-18(27)24-19(17)28/h9-12,17,23H,3-8H2,1-2H3,(H,24,27,28). The molecule has 0 saturated carbocycles. The fraction of sp³-hybridized carbons (Fsp3) is 0.524. The highest BCUT2D eigenvalue weighted by Gasteiger charge is 2.45. The maximum absolute atomic E-state index is 14.7. The predicted octanol–water partition coefficient (Wildman–Crippen LogP) is 1.51. The third-order valence-electron chi connectivity index (χ3n) is 6.15. The number of benzene rings is 1. The molecule has 2 N–H and O–H groups in total. The van der Waals surface area contributed by atoms with Crippen molar-refractivity contribution < 1.29 is 23.6 Å². The summed E-state index contributed by atoms with van der Waals surface area (Å²) < 4.78 is 14.7. The summed E-state index contributed by atoms with van der Waals surface area (Å²) in [6.07, 6.45) is 1.81. The summed E-state index contributed by atoms with van der Waals surface area (Å²) in [5.74, 6) is -3.07. The van der Waals surface area contributed by atoms with E-state index in [1.807, 2.05) is 0 Å². The number of fused-ring (bicyclic) bond motifs is 1. The second-order valence-corrected chi connectivity index (χ2v) is 8.37. The minimum atomic E-state index is -1.06. The Hall–Kier alpha value is -2.81. The van der Waals surface area contributed by atoms with Crippen LogP contribution < -0.4 is 10.6 Å². The maximum atomic E-state index is 14.7. The Morgan fingerprint density at radius 3 is 2.27 bits per heavy atom. The molecule has 30 heavy (non-hydrogen) atoms. The number of rotatable bonds is 4. The van der Waals surface area contributed by atoms with Crippen LogP contribution in [-0.2, 0) is 9.59 Å². The molecule has 2 saturated heterocycles. The van der Waals surface area contributed by atoms with E-state index in [1.165, 1.54) is 6.07 Å². The van der Waals surface area contributed by atoms with Crippen molar-refractivity contribution in [3.8, 4) is 0 Å². The van der Waals surface area contributed by atoms with Crippen molar-refractivity contribution in [2.75, 3.05) is 18.4 Å². The van der Waals surface area contributed by atoms with Gasteiger partial charge in [-0.15, -0.1) is 0 Å². The Morgan fingerprint density at radius 2 is 1.67 bits per heavy atom. The highest BCUT2D eigenvalue weighted by molar-refractivity contribution is 6.23. The van der Waals surface area contributed by atoms with Gasteiger partial charge in [-0.1, -0.05) is 0 Å². The van der Waals surface area contributed by atoms with Crippen LogP contribution in [0.5, 0.6) is 0 Å². The number of amides is 4. The molecule has 0 radical (unpaired) electrons. The average molecular weight is 416 g/mol. The number of hydrogen-bond donors (Lipinski definition) is 2. The second kappa shape index (κ2) is 7.79. The first-order valence-corrected chi connectivity index (χ1v) is 10.3. The summed E-state index contributed by atoms with van der Waals surface area (Å²) >= 11 is 0. The molecule has 3 aliphatic heterocycles. The van der Waals surface area contributed by atoms with E-state index in [0.717, 1.165) is 36.9 Å². The molecule has 4 amide bonds. The fourth-order valence-electron chi connectivity index (χ4n) is 4.38. The molecule has 2 fully saturated rings. The zero-order chi connectivity index (χ0) is 21.6. The van der Waals surface area contributed by atoms with Crippen molar-refractivity contribution >= 4 is 29.3 Å². The minimum Gasteiger partial charge on any atom is -0.380 e. The molecule has 0 aromatic heterocycles. The van der Waals surface area contributed by atoms with Gasteiger partial charge in [0.25, 0.3) is 11.8 Å². The number of piperidine rings is 2. The molecule has 1 aromatic rings. The highest BCUT2D eigenvalue weighted by atomic mass is 19.1. The lowest BCUT2D eigenvalue weighted by Crippen LogP contribution is -2.54. The van der Waals surface area contributed by atoms with E-state index in [9.17, 15) is 23.6 Å². The SMILES string of the molecule is CC(C)N1CCC(Nc2cc3c(cc2F)C(=O)N(C2CCC(=O)NC2=O)C3=O)CC1. The molecule has 4 rings (SSSR count). The van der Waals surface area contributed by atoms with Crippen molar-refractivity contribution in [1.29, 1.82) is 0 Å². The van der Waals surface area contributed by atoms with E-state index in [1.54, 1.807) is 0 Å². The molecule has 1 atom stereocenters. The van der Waals surface area contributed by atoms with Gasteiger partial charge < -0.3 is 10.2 Å². The van der Waals surface area contributed by atoms with Crippen LogP contribution in [0.4, 0.5) is 10.1 Å². The number of imide groups is 2. The van der Waals surface area contributed by atoms with Gasteiger partial charge in [0.05, 0.1) is 16.8 Å². The number of nitrogens with zero attached hydrogens (tertiary/aromatic N) is 2. The second-order valence-electron chi connectivity index (χ2n) is 8.37. The Bertz CT molecular complexity index is 924. The Labute approximate surface area is 173 Å². The molecule has 9 heteroatoms. The van der Waals surface area contributed by atoms with Crippen LogP contribution in [0.1, 0.15) is 60.2 Å². The molecule has 0 bridgehead atoms. The molecular formula is C21H25FN4O4. The Balaban J connectivity index is 1.53. The van der Waals surface area contributed by atoms with E-state index < -0.39 is 35.5 Å². The lowest BCUT2D eigenvalue weighted by molar-refractivity contribution is -0.136. The first-order chi connectivity index (χ1) is 14.3. The smallest absolute Gasteiger partial charge is 0.262 e. The summed E-state index contributed by atoms with van der Waals surface area (Å²) in [6, 6.07) is 1.91. The Kier molecular flexibility index (Phi) is 5.31. The summed E-state index contributed by atoms with van der Waals surface area (Å²) in [4.78, 5) is 52.3. The van der Waals surface area contributed by atoms with E-state index in [-0.39, 0.29) is 35.7 Å². The number of carbonyl (C=O) groups is 4. The Morgan fingerprint density at radius 1 is 1.03 bits per heavy atom. The number of anilines is 1. The molecule has 160 valence electrons. The van der Waals surface area contributed by atoms with Gasteiger partial charge in [-0.2, -0.15) is 0 Å². The molecule has 3 aliphatic rings. The average Bonchev–Trinajstić information content (AvgIpc) is 2.93. The molecule has 1 aromatic carbocycles. The first kappa shape index (κ1) is 20.5. The molecule has 8 nitrogen and oxygen atoms in total. The van der Waals surface area contributed by atoms with Gasteiger partial charge in [-0.25, -0.2) is 4.39 Å². The zero-order valence-corrected chi connectivity index (χ0v) is 17.0. The van der Waals surface area contributed by atoms with E-state index in [4.69, 9.17) is 0 Å². The van der Waals surface area contributed by atoms with E-state index in [2.05, 4.69) is 29.4 Å². The van der Waals surface area contributed by atoms with Crippen LogP contribution in [0.3, 0.4) is 0 Å². The van der Waals surface area contributed by atoms with E-state index in [0.29, 0.717) is 6.04 Å². The van der Waals surface area contributed by atoms with Crippen LogP contribution in [0.25, 0.3) is 0 Å². The number of halogens is 1. The van der Waals surface area contributed by atoms with Crippen molar-refractivity contribution in [3.63, 3.8) is 0 Å². The van der Waals surface area contributed by atoms with Crippen LogP contribution in [0.15, 0.2) is 12.1 Å². The van der Waals surface area contributed by atoms with Gasteiger partial charge in [0.1, 0.15) is 11.9 Å². The van der Waals surface area contributed by atoms with Crippen molar-refractivity contribution in [3.05, 3.63) is 29.1 Å². The van der Waals surface area contributed by atoms with Gasteiger partial charge in [-0.3, -0.25) is 29.4 Å². The highest BCUT2D eigenvalue weighted by Crippen LogP contribution is 2.32. The topological polar surface area (TPSA) is 98.8 Å². The molecule has 3 heterocycles. The zero-order valence-electron chi connectivity index (χ0n) is 17.0. The summed E-state index contributed by atoms with van der Waals surface area (Å²) in [5, 5.41) is 5.32. The lowest BCUT2D eigenvalue weighted by Gasteiger charge is -2.35. The van der Waals surface area contributed by atoms with Crippen LogP contribution >= 0.6 is 0 Å². The van der Waals surface area contributed by atoms with Gasteiger partial charge in [-0.05, 0) is 45.2 Å². The molecule has 1 unspecified atom stereocenters. The maximum Gasteiger partial charge on any atom is 0.262 e. The monoisotopic (exact) mass is 416 g/mol. The lowest BCUT2D eigenvalue weighted by atomic mass is 10.0. The number of carbonyl (C=O) groups excluding carboxylic acids is 4. The predicted molar refractivity (Wildman–Crippen MR) is 106 cm³/mol. The van der Waals surface area contributed by atoms with E-state index >= 15 is 0 Å². The quantitative estimate of drug-likeness (QED) is 0.722. The van der Waals surface area contributed by atoms with Gasteiger partial charge in [0.2, 0.25) is 11.8 Å². The van der Waals surface area contributed by atoms with Crippen molar-refractivity contribution in [1.82, 2.24) is 15.1 Å². The first-order valence-electron chi connectivity index (χ1n) is 10.3. The van der Waals surface area contributed by atoms with Crippen LogP contribution in [-0.4, -0.2) is 64.6 Å². The molecule has 0 spiro atoms. The van der Waals surface area contributed by atoms with Crippen molar-refractivity contribution in [2.45, 2.75) is 57.7 Å². The van der Waals surface area contributed by atoms with Crippen LogP contribution in [0.2, 0.25) is 0 Å². The third kappa shape index (κ3) is 3.58. The third-order valence-corrected chi connectivity index (χ3v) is 6.15. The van der Waals surface area contributed by atoms with Gasteiger partial charge in [0, 0.05) is 31.6 Å². The van der Waals surface area contributed by atoms with Crippen molar-refractivity contribution in [2.24, 2.45) is 0 Å². The minimum absolute atomic E-state index is 0.0417. The summed E-state index contributed by atoms with van der Waals surface area (Å²) in [7, 11) is 0. The normalized spacial score (nSPS) is 23.2. The van der Waals surface area contributed by atoms with Crippen LogP contribution in [0, 0.1) is 5.82 Å². The number of hydrogen-bond acceptors (Lipinski definition) is 6. The van der Waals surface area contributed by atoms with Gasteiger partial charge >= 0.3 is 0 Å². The molecule has 0 aliphatic carbocycles. The summed E-state index contributed by atoms with van der Waals surface area (Å²) in [5.41, 5.74) is 0.207.